The molecule has 0 unspecified atom stereocenters. The van der Waals surface area contributed by atoms with E-state index in [1.165, 1.54) is 6.42 Å². The van der Waals surface area contributed by atoms with Crippen LogP contribution in [0, 0.1) is 16.5 Å². The molecule has 0 aromatic heterocycles. The van der Waals surface area contributed by atoms with Crippen LogP contribution in [0.2, 0.25) is 0 Å². The second-order valence-electron chi connectivity index (χ2n) is 0.924. The van der Waals surface area contributed by atoms with Crippen molar-refractivity contribution in [3.63, 3.8) is 0 Å². The number of rotatable bonds is 2. The minimum atomic E-state index is -0.375. The SMILES string of the molecule is C[CH-]C[N+](=O)[O-].[Y]. The van der Waals surface area contributed by atoms with E-state index in [0.717, 1.165) is 0 Å². The zero-order chi connectivity index (χ0) is 4.99. The maximum Gasteiger partial charge on any atom is 0.0890 e. The summed E-state index contributed by atoms with van der Waals surface area (Å²) in [5.41, 5.74) is 0. The zero-order valence-electron chi connectivity index (χ0n) is 4.13. The molecule has 0 saturated heterocycles. The summed E-state index contributed by atoms with van der Waals surface area (Å²) in [4.78, 5) is 9.00. The summed E-state index contributed by atoms with van der Waals surface area (Å²) in [5.74, 6) is 0. The first-order valence-corrected chi connectivity index (χ1v) is 1.67. The molecule has 0 saturated carbocycles. The van der Waals surface area contributed by atoms with Crippen LogP contribution in [-0.2, 0) is 32.7 Å². The first-order chi connectivity index (χ1) is 2.77. The molecule has 0 aliphatic heterocycles. The van der Waals surface area contributed by atoms with Crippen molar-refractivity contribution in [2.24, 2.45) is 0 Å². The molecule has 0 spiro atoms. The normalized spacial score (nSPS) is 7.00. The minimum absolute atomic E-state index is 0. The van der Waals surface area contributed by atoms with Crippen LogP contribution in [0.3, 0.4) is 0 Å². The molecule has 0 aromatic rings. The summed E-state index contributed by atoms with van der Waals surface area (Å²) in [6, 6.07) is 0. The second-order valence-corrected chi connectivity index (χ2v) is 0.924. The van der Waals surface area contributed by atoms with E-state index in [1.54, 1.807) is 6.92 Å². The Balaban J connectivity index is 0. The molecule has 1 radical (unpaired) electrons. The van der Waals surface area contributed by atoms with E-state index >= 15 is 0 Å². The van der Waals surface area contributed by atoms with Crippen molar-refractivity contribution in [3.8, 4) is 0 Å². The molecule has 0 aliphatic carbocycles. The van der Waals surface area contributed by atoms with E-state index in [9.17, 15) is 10.1 Å². The van der Waals surface area contributed by atoms with Gasteiger partial charge in [-0.05, 0) is 4.92 Å². The van der Waals surface area contributed by atoms with Crippen molar-refractivity contribution in [2.45, 2.75) is 6.92 Å². The summed E-state index contributed by atoms with van der Waals surface area (Å²) in [6.45, 7) is 1.63. The molecule has 0 amide bonds. The van der Waals surface area contributed by atoms with Crippen LogP contribution in [0.1, 0.15) is 6.92 Å². The maximum absolute atomic E-state index is 9.37. The van der Waals surface area contributed by atoms with Crippen molar-refractivity contribution in [2.75, 3.05) is 6.54 Å². The van der Waals surface area contributed by atoms with Gasteiger partial charge in [0.1, 0.15) is 0 Å². The van der Waals surface area contributed by atoms with Gasteiger partial charge < -0.3 is 0 Å². The van der Waals surface area contributed by atoms with Crippen molar-refractivity contribution in [3.05, 3.63) is 16.5 Å². The molecule has 3 nitrogen and oxygen atoms in total. The van der Waals surface area contributed by atoms with Gasteiger partial charge >= 0.3 is 0 Å². The largest absolute Gasteiger partial charge is 0.268 e. The molecule has 0 atom stereocenters. The second kappa shape index (κ2) is 6.50. The molecule has 39 valence electrons. The predicted octanol–water partition coefficient (Wildman–Crippen LogP) is 0.485. The Kier molecular flexibility index (Phi) is 9.74. The van der Waals surface area contributed by atoms with E-state index < -0.39 is 0 Å². The Bertz CT molecular complexity index is 56.9. The van der Waals surface area contributed by atoms with Gasteiger partial charge in [-0.25, -0.2) is 0 Å². The van der Waals surface area contributed by atoms with Gasteiger partial charge in [0.15, 0.2) is 0 Å². The third-order valence-electron chi connectivity index (χ3n) is 0.332. The Morgan fingerprint density at radius 2 is 2.29 bits per heavy atom. The molecule has 0 aliphatic rings. The zero-order valence-corrected chi connectivity index (χ0v) is 6.96. The van der Waals surface area contributed by atoms with E-state index in [4.69, 9.17) is 0 Å². The number of nitro groups is 1. The molecule has 0 N–H and O–H groups in total. The molecule has 4 heteroatoms. The quantitative estimate of drug-likeness (QED) is 0.349. The maximum atomic E-state index is 9.37. The number of nitrogens with zero attached hydrogens (tertiary/aromatic N) is 1. The summed E-state index contributed by atoms with van der Waals surface area (Å²) in [7, 11) is 0. The van der Waals surface area contributed by atoms with E-state index in [-0.39, 0.29) is 44.2 Å². The van der Waals surface area contributed by atoms with Crippen molar-refractivity contribution in [1.82, 2.24) is 0 Å². The molecular formula is C3H6NO2Y-. The van der Waals surface area contributed by atoms with Crippen LogP contribution < -0.4 is 0 Å². The minimum Gasteiger partial charge on any atom is -0.268 e. The van der Waals surface area contributed by atoms with Crippen molar-refractivity contribution >= 4 is 0 Å². The fourth-order valence-corrected chi connectivity index (χ4v) is 0.149. The third-order valence-corrected chi connectivity index (χ3v) is 0.332. The van der Waals surface area contributed by atoms with Crippen molar-refractivity contribution < 1.29 is 37.6 Å². The molecule has 0 rings (SSSR count). The first kappa shape index (κ1) is 10.5. The summed E-state index contributed by atoms with van der Waals surface area (Å²) >= 11 is 0. The molecule has 7 heavy (non-hydrogen) atoms. The standard InChI is InChI=1S/C3H6NO2.Y/c1-2-3-4(5)6;/h2H,3H2,1H3;/q-1;. The Labute approximate surface area is 67.5 Å². The molecular weight excluding hydrogens is 171 g/mol. The molecule has 0 aromatic carbocycles. The number of hydrogen-bond acceptors (Lipinski definition) is 2. The monoisotopic (exact) mass is 177 g/mol. The fraction of sp³-hybridized carbons (Fsp3) is 0.667. The van der Waals surface area contributed by atoms with Gasteiger partial charge in [-0.1, -0.05) is 0 Å². The van der Waals surface area contributed by atoms with Crippen LogP contribution in [-0.4, -0.2) is 11.5 Å². The van der Waals surface area contributed by atoms with Gasteiger partial charge in [0, 0.05) is 32.7 Å². The average Bonchev–Trinajstić information content (AvgIpc) is 1.35. The van der Waals surface area contributed by atoms with E-state index in [2.05, 4.69) is 0 Å². The van der Waals surface area contributed by atoms with E-state index in [1.807, 2.05) is 0 Å². The van der Waals surface area contributed by atoms with Crippen LogP contribution in [0.4, 0.5) is 0 Å². The summed E-state index contributed by atoms with van der Waals surface area (Å²) in [6.07, 6.45) is 1.50. The smallest absolute Gasteiger partial charge is 0.0890 e. The average molecular weight is 177 g/mol. The predicted molar refractivity (Wildman–Crippen MR) is 21.8 cm³/mol. The fourth-order valence-electron chi connectivity index (χ4n) is 0.149. The van der Waals surface area contributed by atoms with Gasteiger partial charge in [0.25, 0.3) is 0 Å². The van der Waals surface area contributed by atoms with Crippen molar-refractivity contribution in [1.29, 1.82) is 0 Å². The number of hydrogen-bond donors (Lipinski definition) is 0. The summed E-state index contributed by atoms with van der Waals surface area (Å²) < 4.78 is 0. The summed E-state index contributed by atoms with van der Waals surface area (Å²) in [5, 5.41) is 9.37. The van der Waals surface area contributed by atoms with Gasteiger partial charge in [-0.3, -0.25) is 16.5 Å². The van der Waals surface area contributed by atoms with Crippen LogP contribution in [0.15, 0.2) is 0 Å². The molecule has 0 heterocycles. The van der Waals surface area contributed by atoms with Gasteiger partial charge in [-0.2, -0.15) is 6.92 Å². The van der Waals surface area contributed by atoms with E-state index in [0.29, 0.717) is 0 Å². The Morgan fingerprint density at radius 3 is 2.29 bits per heavy atom. The Hall–Kier alpha value is 0.504. The van der Waals surface area contributed by atoms with Gasteiger partial charge in [0.05, 0.1) is 6.54 Å². The molecule has 0 fully saturated rings. The van der Waals surface area contributed by atoms with Crippen LogP contribution >= 0.6 is 0 Å². The van der Waals surface area contributed by atoms with Gasteiger partial charge in [-0.15, -0.1) is 0 Å². The van der Waals surface area contributed by atoms with Gasteiger partial charge in [0.2, 0.25) is 0 Å². The van der Waals surface area contributed by atoms with Crippen LogP contribution in [0.5, 0.6) is 0 Å². The molecule has 0 bridgehead atoms. The first-order valence-electron chi connectivity index (χ1n) is 1.67. The third kappa shape index (κ3) is 10.7. The van der Waals surface area contributed by atoms with Crippen LogP contribution in [0.25, 0.3) is 0 Å². The topological polar surface area (TPSA) is 43.1 Å². The Morgan fingerprint density at radius 1 is 1.86 bits per heavy atom.